The summed E-state index contributed by atoms with van der Waals surface area (Å²) in [7, 11) is 0. The van der Waals surface area contributed by atoms with E-state index in [0.29, 0.717) is 17.3 Å². The van der Waals surface area contributed by atoms with Crippen LogP contribution in [-0.4, -0.2) is 15.7 Å². The van der Waals surface area contributed by atoms with Crippen LogP contribution in [0.5, 0.6) is 0 Å². The minimum Gasteiger partial charge on any atom is -0.320 e. The van der Waals surface area contributed by atoms with Gasteiger partial charge in [-0.25, -0.2) is 4.39 Å². The van der Waals surface area contributed by atoms with Crippen LogP contribution in [0.2, 0.25) is 5.02 Å². The molecule has 1 aromatic heterocycles. The van der Waals surface area contributed by atoms with Crippen molar-refractivity contribution in [3.63, 3.8) is 0 Å². The lowest BCUT2D eigenvalue weighted by atomic mass is 10.2. The van der Waals surface area contributed by atoms with E-state index in [9.17, 15) is 9.18 Å². The van der Waals surface area contributed by atoms with E-state index in [0.717, 1.165) is 11.1 Å². The molecule has 0 fully saturated rings. The zero-order valence-corrected chi connectivity index (χ0v) is 13.9. The Kier molecular flexibility index (Phi) is 5.26. The highest BCUT2D eigenvalue weighted by molar-refractivity contribution is 6.30. The second-order valence-electron chi connectivity index (χ2n) is 5.43. The van der Waals surface area contributed by atoms with Crippen molar-refractivity contribution in [1.82, 2.24) is 9.78 Å². The summed E-state index contributed by atoms with van der Waals surface area (Å²) in [5, 5.41) is 7.64. The Morgan fingerprint density at radius 3 is 2.60 bits per heavy atom. The molecular weight excluding hydrogens is 341 g/mol. The van der Waals surface area contributed by atoms with Crippen molar-refractivity contribution < 1.29 is 9.18 Å². The van der Waals surface area contributed by atoms with Crippen molar-refractivity contribution in [1.29, 1.82) is 0 Å². The lowest BCUT2D eigenvalue weighted by molar-refractivity contribution is -0.111. The number of carbonyl (C=O) groups is 1. The van der Waals surface area contributed by atoms with Crippen molar-refractivity contribution in [3.05, 3.63) is 89.0 Å². The number of aromatic nitrogens is 2. The molecule has 2 aromatic carbocycles. The Bertz CT molecular complexity index is 886. The van der Waals surface area contributed by atoms with E-state index >= 15 is 0 Å². The van der Waals surface area contributed by atoms with E-state index in [1.54, 1.807) is 35.3 Å². The quantitative estimate of drug-likeness (QED) is 0.690. The van der Waals surface area contributed by atoms with Gasteiger partial charge in [-0.3, -0.25) is 9.48 Å². The summed E-state index contributed by atoms with van der Waals surface area (Å²) in [6.45, 7) is 0.582. The summed E-state index contributed by atoms with van der Waals surface area (Å²) in [6, 6.07) is 13.4. The van der Waals surface area contributed by atoms with Crippen molar-refractivity contribution in [2.75, 3.05) is 5.32 Å². The number of benzene rings is 2. The average Bonchev–Trinajstić information content (AvgIpc) is 3.03. The Morgan fingerprint density at radius 1 is 1.16 bits per heavy atom. The first-order chi connectivity index (χ1) is 12.1. The Hall–Kier alpha value is -2.92. The van der Waals surface area contributed by atoms with E-state index in [1.807, 2.05) is 24.3 Å². The maximum atomic E-state index is 12.8. The monoisotopic (exact) mass is 355 g/mol. The number of amides is 1. The normalized spacial score (nSPS) is 11.0. The number of hydrogen-bond donors (Lipinski definition) is 1. The molecule has 25 heavy (non-hydrogen) atoms. The van der Waals surface area contributed by atoms with Gasteiger partial charge in [0.15, 0.2) is 0 Å². The molecule has 0 unspecified atom stereocenters. The van der Waals surface area contributed by atoms with Crippen molar-refractivity contribution in [2.24, 2.45) is 0 Å². The summed E-state index contributed by atoms with van der Waals surface area (Å²) < 4.78 is 14.6. The molecule has 0 aliphatic carbocycles. The molecule has 0 atom stereocenters. The number of nitrogens with zero attached hydrogens (tertiary/aromatic N) is 2. The van der Waals surface area contributed by atoms with Gasteiger partial charge in [-0.05, 0) is 41.5 Å². The zero-order valence-electron chi connectivity index (χ0n) is 13.2. The lowest BCUT2D eigenvalue weighted by Gasteiger charge is -2.02. The summed E-state index contributed by atoms with van der Waals surface area (Å²) >= 11 is 5.86. The molecule has 6 heteroatoms. The standard InChI is InChI=1S/C19H15ClFN3O/c20-16-6-1-15(2-7-16)12-24-13-18(11-22-24)23-19(25)10-5-14-3-8-17(21)9-4-14/h1-11,13H,12H2,(H,23,25)/b10-5+. The van der Waals surface area contributed by atoms with E-state index < -0.39 is 0 Å². The maximum Gasteiger partial charge on any atom is 0.248 e. The molecular formula is C19H15ClFN3O. The van der Waals surface area contributed by atoms with Crippen LogP contribution in [0.25, 0.3) is 6.08 Å². The fourth-order valence-corrected chi connectivity index (χ4v) is 2.35. The molecule has 0 bridgehead atoms. The van der Waals surface area contributed by atoms with Crippen LogP contribution < -0.4 is 5.32 Å². The number of nitrogens with one attached hydrogen (secondary N) is 1. The van der Waals surface area contributed by atoms with E-state index in [-0.39, 0.29) is 11.7 Å². The molecule has 3 rings (SSSR count). The predicted octanol–water partition coefficient (Wildman–Crippen LogP) is 4.38. The van der Waals surface area contributed by atoms with Crippen LogP contribution in [-0.2, 0) is 11.3 Å². The highest BCUT2D eigenvalue weighted by Gasteiger charge is 2.03. The van der Waals surface area contributed by atoms with Gasteiger partial charge in [-0.1, -0.05) is 35.9 Å². The maximum absolute atomic E-state index is 12.8. The van der Waals surface area contributed by atoms with Gasteiger partial charge in [0.25, 0.3) is 0 Å². The van der Waals surface area contributed by atoms with Gasteiger partial charge in [-0.2, -0.15) is 5.10 Å². The van der Waals surface area contributed by atoms with Crippen molar-refractivity contribution >= 4 is 29.3 Å². The molecule has 1 heterocycles. The minimum atomic E-state index is -0.310. The average molecular weight is 356 g/mol. The van der Waals surface area contributed by atoms with Crippen LogP contribution in [0.1, 0.15) is 11.1 Å². The zero-order chi connectivity index (χ0) is 17.6. The molecule has 1 N–H and O–H groups in total. The highest BCUT2D eigenvalue weighted by atomic mass is 35.5. The first-order valence-corrected chi connectivity index (χ1v) is 7.98. The number of halogens is 2. The van der Waals surface area contributed by atoms with E-state index in [2.05, 4.69) is 10.4 Å². The van der Waals surface area contributed by atoms with E-state index in [4.69, 9.17) is 11.6 Å². The molecule has 1 amide bonds. The molecule has 4 nitrogen and oxygen atoms in total. The smallest absolute Gasteiger partial charge is 0.248 e. The van der Waals surface area contributed by atoms with Gasteiger partial charge in [0.2, 0.25) is 5.91 Å². The molecule has 0 aliphatic heterocycles. The second-order valence-corrected chi connectivity index (χ2v) is 5.86. The Labute approximate surface area is 149 Å². The third-order valence-electron chi connectivity index (χ3n) is 3.46. The summed E-state index contributed by atoms with van der Waals surface area (Å²) in [4.78, 5) is 11.9. The number of rotatable bonds is 5. The molecule has 0 aliphatic rings. The first-order valence-electron chi connectivity index (χ1n) is 7.60. The van der Waals surface area contributed by atoms with Crippen LogP contribution in [0.15, 0.2) is 67.0 Å². The second kappa shape index (κ2) is 7.77. The molecule has 0 saturated heterocycles. The molecule has 0 radical (unpaired) electrons. The van der Waals surface area contributed by atoms with Gasteiger partial charge in [0.05, 0.1) is 18.4 Å². The SMILES string of the molecule is O=C(/C=C/c1ccc(F)cc1)Nc1cnn(Cc2ccc(Cl)cc2)c1. The first kappa shape index (κ1) is 16.9. The lowest BCUT2D eigenvalue weighted by Crippen LogP contribution is -2.07. The van der Waals surface area contributed by atoms with Gasteiger partial charge >= 0.3 is 0 Å². The van der Waals surface area contributed by atoms with Crippen molar-refractivity contribution in [2.45, 2.75) is 6.54 Å². The minimum absolute atomic E-state index is 0.282. The summed E-state index contributed by atoms with van der Waals surface area (Å²) in [5.74, 6) is -0.593. The van der Waals surface area contributed by atoms with Gasteiger partial charge in [0.1, 0.15) is 5.82 Å². The van der Waals surface area contributed by atoms with Crippen LogP contribution >= 0.6 is 11.6 Å². The van der Waals surface area contributed by atoms with Gasteiger partial charge < -0.3 is 5.32 Å². The van der Waals surface area contributed by atoms with Gasteiger partial charge in [0, 0.05) is 17.3 Å². The number of anilines is 1. The molecule has 0 saturated carbocycles. The Balaban J connectivity index is 1.57. The molecule has 0 spiro atoms. The number of carbonyl (C=O) groups excluding carboxylic acids is 1. The molecule has 126 valence electrons. The fraction of sp³-hybridized carbons (Fsp3) is 0.0526. The third-order valence-corrected chi connectivity index (χ3v) is 3.71. The highest BCUT2D eigenvalue weighted by Crippen LogP contribution is 2.12. The topological polar surface area (TPSA) is 46.9 Å². The van der Waals surface area contributed by atoms with Crippen LogP contribution in [0, 0.1) is 5.82 Å². The fourth-order valence-electron chi connectivity index (χ4n) is 2.22. The van der Waals surface area contributed by atoms with Crippen LogP contribution in [0.3, 0.4) is 0 Å². The van der Waals surface area contributed by atoms with Crippen LogP contribution in [0.4, 0.5) is 10.1 Å². The molecule has 3 aromatic rings. The third kappa shape index (κ3) is 5.02. The summed E-state index contributed by atoms with van der Waals surface area (Å²) in [6.07, 6.45) is 6.34. The summed E-state index contributed by atoms with van der Waals surface area (Å²) in [5.41, 5.74) is 2.40. The van der Waals surface area contributed by atoms with Gasteiger partial charge in [-0.15, -0.1) is 0 Å². The van der Waals surface area contributed by atoms with Crippen molar-refractivity contribution in [3.8, 4) is 0 Å². The van der Waals surface area contributed by atoms with E-state index in [1.165, 1.54) is 18.2 Å². The largest absolute Gasteiger partial charge is 0.320 e. The Morgan fingerprint density at radius 2 is 1.88 bits per heavy atom. The number of hydrogen-bond acceptors (Lipinski definition) is 2. The predicted molar refractivity (Wildman–Crippen MR) is 96.8 cm³/mol.